The number of esters is 2. The van der Waals surface area contributed by atoms with Crippen LogP contribution in [0.5, 0.6) is 0 Å². The van der Waals surface area contributed by atoms with Crippen LogP contribution in [-0.4, -0.2) is 25.2 Å². The van der Waals surface area contributed by atoms with Gasteiger partial charge in [-0.3, -0.25) is 9.59 Å². The molecular formula is C14H24O4. The summed E-state index contributed by atoms with van der Waals surface area (Å²) in [6.45, 7) is 4.63. The first kappa shape index (κ1) is 15.0. The summed E-state index contributed by atoms with van der Waals surface area (Å²) in [4.78, 5) is 23.9. The quantitative estimate of drug-likeness (QED) is 0.519. The van der Waals surface area contributed by atoms with Crippen molar-refractivity contribution in [3.05, 3.63) is 0 Å². The predicted molar refractivity (Wildman–Crippen MR) is 67.9 cm³/mol. The molecule has 104 valence electrons. The Hall–Kier alpha value is -1.06. The van der Waals surface area contributed by atoms with E-state index in [1.54, 1.807) is 0 Å². The van der Waals surface area contributed by atoms with Crippen LogP contribution in [0, 0.1) is 11.8 Å². The van der Waals surface area contributed by atoms with Gasteiger partial charge in [0.2, 0.25) is 0 Å². The molecular weight excluding hydrogens is 232 g/mol. The molecule has 0 aromatic carbocycles. The van der Waals surface area contributed by atoms with E-state index in [0.717, 1.165) is 38.5 Å². The van der Waals surface area contributed by atoms with Crippen LogP contribution in [0.15, 0.2) is 0 Å². The van der Waals surface area contributed by atoms with Gasteiger partial charge in [0.05, 0.1) is 13.2 Å². The Morgan fingerprint density at radius 1 is 1.00 bits per heavy atom. The lowest BCUT2D eigenvalue weighted by atomic mass is 9.91. The number of hydrogen-bond donors (Lipinski definition) is 0. The monoisotopic (exact) mass is 256 g/mol. The highest BCUT2D eigenvalue weighted by Gasteiger charge is 2.38. The third-order valence-corrected chi connectivity index (χ3v) is 3.28. The Bertz CT molecular complexity index is 249. The van der Waals surface area contributed by atoms with Crippen LogP contribution in [-0.2, 0) is 19.1 Å². The van der Waals surface area contributed by atoms with Crippen molar-refractivity contribution in [3.8, 4) is 0 Å². The highest BCUT2D eigenvalue weighted by molar-refractivity contribution is 5.95. The number of rotatable bonds is 7. The molecule has 4 heteroatoms. The molecule has 0 spiro atoms. The molecule has 1 rings (SSSR count). The van der Waals surface area contributed by atoms with E-state index < -0.39 is 17.9 Å². The third kappa shape index (κ3) is 4.31. The van der Waals surface area contributed by atoms with E-state index in [2.05, 4.69) is 0 Å². The highest BCUT2D eigenvalue weighted by atomic mass is 16.6. The SMILES string of the molecule is CCCOC(=O)C(C(=O)OCCC)C1CCCC1. The second-order valence-corrected chi connectivity index (χ2v) is 4.86. The minimum absolute atomic E-state index is 0.110. The molecule has 0 bridgehead atoms. The lowest BCUT2D eigenvalue weighted by molar-refractivity contribution is -0.165. The maximum atomic E-state index is 12.0. The second kappa shape index (κ2) is 8.11. The van der Waals surface area contributed by atoms with Crippen LogP contribution in [0.4, 0.5) is 0 Å². The van der Waals surface area contributed by atoms with E-state index in [1.165, 1.54) is 0 Å². The van der Waals surface area contributed by atoms with Gasteiger partial charge in [0, 0.05) is 0 Å². The average molecular weight is 256 g/mol. The molecule has 0 aliphatic heterocycles. The Labute approximate surface area is 109 Å². The number of carbonyl (C=O) groups excluding carboxylic acids is 2. The first-order valence-electron chi connectivity index (χ1n) is 7.04. The Morgan fingerprint density at radius 3 is 1.83 bits per heavy atom. The van der Waals surface area contributed by atoms with Gasteiger partial charge in [-0.2, -0.15) is 0 Å². The summed E-state index contributed by atoms with van der Waals surface area (Å²) in [5, 5.41) is 0. The van der Waals surface area contributed by atoms with Crippen molar-refractivity contribution in [1.29, 1.82) is 0 Å². The minimum atomic E-state index is -0.703. The van der Waals surface area contributed by atoms with Crippen molar-refractivity contribution in [3.63, 3.8) is 0 Å². The number of carbonyl (C=O) groups is 2. The van der Waals surface area contributed by atoms with E-state index in [0.29, 0.717) is 13.2 Å². The largest absolute Gasteiger partial charge is 0.465 e. The lowest BCUT2D eigenvalue weighted by Gasteiger charge is -2.20. The molecule has 0 atom stereocenters. The lowest BCUT2D eigenvalue weighted by Crippen LogP contribution is -2.33. The zero-order chi connectivity index (χ0) is 13.4. The standard InChI is InChI=1S/C14H24O4/c1-3-9-17-13(15)12(11-7-5-6-8-11)14(16)18-10-4-2/h11-12H,3-10H2,1-2H3. The van der Waals surface area contributed by atoms with Gasteiger partial charge in [-0.25, -0.2) is 0 Å². The van der Waals surface area contributed by atoms with Gasteiger partial charge in [0.1, 0.15) is 0 Å². The van der Waals surface area contributed by atoms with Crippen LogP contribution in [0.2, 0.25) is 0 Å². The first-order valence-corrected chi connectivity index (χ1v) is 7.04. The minimum Gasteiger partial charge on any atom is -0.465 e. The first-order chi connectivity index (χ1) is 8.70. The molecule has 0 N–H and O–H groups in total. The molecule has 1 saturated carbocycles. The molecule has 0 heterocycles. The van der Waals surface area contributed by atoms with Gasteiger partial charge in [0.15, 0.2) is 5.92 Å². The fourth-order valence-corrected chi connectivity index (χ4v) is 2.36. The average Bonchev–Trinajstić information content (AvgIpc) is 2.87. The zero-order valence-corrected chi connectivity index (χ0v) is 11.4. The molecule has 0 unspecified atom stereocenters. The molecule has 1 aliphatic rings. The van der Waals surface area contributed by atoms with Crippen LogP contribution in [0.1, 0.15) is 52.4 Å². The third-order valence-electron chi connectivity index (χ3n) is 3.28. The maximum absolute atomic E-state index is 12.0. The summed E-state index contributed by atoms with van der Waals surface area (Å²) in [7, 11) is 0. The molecule has 18 heavy (non-hydrogen) atoms. The molecule has 1 aliphatic carbocycles. The van der Waals surface area contributed by atoms with E-state index >= 15 is 0 Å². The molecule has 1 fully saturated rings. The number of ether oxygens (including phenoxy) is 2. The van der Waals surface area contributed by atoms with Gasteiger partial charge in [0.25, 0.3) is 0 Å². The number of hydrogen-bond acceptors (Lipinski definition) is 4. The van der Waals surface area contributed by atoms with Crippen LogP contribution in [0.3, 0.4) is 0 Å². The van der Waals surface area contributed by atoms with Gasteiger partial charge in [-0.05, 0) is 31.6 Å². The van der Waals surface area contributed by atoms with Crippen molar-refractivity contribution < 1.29 is 19.1 Å². The van der Waals surface area contributed by atoms with Crippen molar-refractivity contribution >= 4 is 11.9 Å². The van der Waals surface area contributed by atoms with Crippen LogP contribution >= 0.6 is 0 Å². The van der Waals surface area contributed by atoms with Gasteiger partial charge < -0.3 is 9.47 Å². The van der Waals surface area contributed by atoms with Gasteiger partial charge >= 0.3 is 11.9 Å². The van der Waals surface area contributed by atoms with Crippen LogP contribution < -0.4 is 0 Å². The van der Waals surface area contributed by atoms with Crippen molar-refractivity contribution in [2.45, 2.75) is 52.4 Å². The van der Waals surface area contributed by atoms with E-state index in [-0.39, 0.29) is 5.92 Å². The molecule has 0 amide bonds. The normalized spacial score (nSPS) is 15.9. The summed E-state index contributed by atoms with van der Waals surface area (Å²) in [6.07, 6.45) is 5.56. The predicted octanol–water partition coefficient (Wildman–Crippen LogP) is 2.70. The second-order valence-electron chi connectivity index (χ2n) is 4.86. The Kier molecular flexibility index (Phi) is 6.76. The fourth-order valence-electron chi connectivity index (χ4n) is 2.36. The highest BCUT2D eigenvalue weighted by Crippen LogP contribution is 2.33. The fraction of sp³-hybridized carbons (Fsp3) is 0.857. The Balaban J connectivity index is 2.61. The molecule has 4 nitrogen and oxygen atoms in total. The summed E-state index contributed by atoms with van der Waals surface area (Å²) in [5.41, 5.74) is 0. The van der Waals surface area contributed by atoms with Gasteiger partial charge in [-0.15, -0.1) is 0 Å². The van der Waals surface area contributed by atoms with Crippen molar-refractivity contribution in [2.24, 2.45) is 11.8 Å². The molecule has 0 aromatic heterocycles. The smallest absolute Gasteiger partial charge is 0.320 e. The zero-order valence-electron chi connectivity index (χ0n) is 11.4. The molecule has 0 saturated heterocycles. The summed E-state index contributed by atoms with van der Waals surface area (Å²) in [5.74, 6) is -1.39. The topological polar surface area (TPSA) is 52.6 Å². The summed E-state index contributed by atoms with van der Waals surface area (Å²) in [6, 6.07) is 0. The van der Waals surface area contributed by atoms with E-state index in [9.17, 15) is 9.59 Å². The maximum Gasteiger partial charge on any atom is 0.320 e. The molecule has 0 aromatic rings. The van der Waals surface area contributed by atoms with Crippen LogP contribution in [0.25, 0.3) is 0 Å². The van der Waals surface area contributed by atoms with Crippen molar-refractivity contribution in [1.82, 2.24) is 0 Å². The van der Waals surface area contributed by atoms with Gasteiger partial charge in [-0.1, -0.05) is 26.7 Å². The Morgan fingerprint density at radius 2 is 1.44 bits per heavy atom. The summed E-state index contributed by atoms with van der Waals surface area (Å²) >= 11 is 0. The summed E-state index contributed by atoms with van der Waals surface area (Å²) < 4.78 is 10.3. The van der Waals surface area contributed by atoms with E-state index in [1.807, 2.05) is 13.8 Å². The van der Waals surface area contributed by atoms with Crippen molar-refractivity contribution in [2.75, 3.05) is 13.2 Å². The molecule has 0 radical (unpaired) electrons. The van der Waals surface area contributed by atoms with E-state index in [4.69, 9.17) is 9.47 Å².